The first-order chi connectivity index (χ1) is 12.3. The van der Waals surface area contributed by atoms with E-state index in [2.05, 4.69) is 6.92 Å². The maximum atomic E-state index is 14.5. The van der Waals surface area contributed by atoms with Crippen LogP contribution >= 0.6 is 0 Å². The van der Waals surface area contributed by atoms with Crippen LogP contribution in [0.4, 0.5) is 17.6 Å². The van der Waals surface area contributed by atoms with Crippen molar-refractivity contribution >= 4 is 5.57 Å². The number of ether oxygens (including phenoxy) is 1. The summed E-state index contributed by atoms with van der Waals surface area (Å²) in [6.45, 7) is 3.63. The van der Waals surface area contributed by atoms with Gasteiger partial charge in [-0.2, -0.15) is 17.6 Å². The van der Waals surface area contributed by atoms with E-state index in [4.69, 9.17) is 4.74 Å². The third-order valence-corrected chi connectivity index (χ3v) is 5.45. The lowest BCUT2D eigenvalue weighted by molar-refractivity contribution is -0.171. The molecule has 0 aromatic heterocycles. The van der Waals surface area contributed by atoms with E-state index in [0.717, 1.165) is 49.3 Å². The zero-order valence-electron chi connectivity index (χ0n) is 15.1. The summed E-state index contributed by atoms with van der Waals surface area (Å²) in [5, 5.41) is 0. The fraction of sp³-hybridized carbons (Fsp3) is 0.524. The third-order valence-electron chi connectivity index (χ3n) is 5.45. The Labute approximate surface area is 151 Å². The van der Waals surface area contributed by atoms with Gasteiger partial charge in [-0.25, -0.2) is 0 Å². The molecule has 0 atom stereocenters. The molecule has 1 aromatic rings. The number of halogens is 4. The smallest absolute Gasteiger partial charge is 0.370 e. The van der Waals surface area contributed by atoms with Gasteiger partial charge >= 0.3 is 11.8 Å². The van der Waals surface area contributed by atoms with Crippen LogP contribution in [0.2, 0.25) is 0 Å². The first kappa shape index (κ1) is 19.0. The Kier molecular flexibility index (Phi) is 5.18. The lowest BCUT2D eigenvalue weighted by atomic mass is 9.79. The van der Waals surface area contributed by atoms with Crippen LogP contribution in [0.3, 0.4) is 0 Å². The van der Waals surface area contributed by atoms with E-state index in [9.17, 15) is 17.6 Å². The Morgan fingerprint density at radius 1 is 0.923 bits per heavy atom. The van der Waals surface area contributed by atoms with Gasteiger partial charge in [0.2, 0.25) is 0 Å². The molecule has 0 aliphatic heterocycles. The first-order valence-electron chi connectivity index (χ1n) is 9.19. The van der Waals surface area contributed by atoms with Crippen molar-refractivity contribution in [1.29, 1.82) is 0 Å². The Morgan fingerprint density at radius 2 is 1.54 bits per heavy atom. The molecule has 0 amide bonds. The van der Waals surface area contributed by atoms with Crippen LogP contribution in [-0.2, 0) is 4.74 Å². The lowest BCUT2D eigenvalue weighted by Crippen LogP contribution is -2.45. The van der Waals surface area contributed by atoms with Crippen molar-refractivity contribution in [2.75, 3.05) is 6.61 Å². The quantitative estimate of drug-likeness (QED) is 0.546. The normalized spacial score (nSPS) is 27.5. The van der Waals surface area contributed by atoms with Crippen LogP contribution in [-0.4, -0.2) is 18.5 Å². The minimum atomic E-state index is -4.36. The van der Waals surface area contributed by atoms with Gasteiger partial charge in [-0.3, -0.25) is 0 Å². The molecule has 0 unspecified atom stereocenters. The summed E-state index contributed by atoms with van der Waals surface area (Å²) < 4.78 is 62.0. The largest absolute Gasteiger partial charge is 0.492 e. The van der Waals surface area contributed by atoms with Gasteiger partial charge in [-0.15, -0.1) is 0 Å². The minimum absolute atomic E-state index is 0.0879. The van der Waals surface area contributed by atoms with E-state index in [-0.39, 0.29) is 12.2 Å². The van der Waals surface area contributed by atoms with Crippen LogP contribution in [0.25, 0.3) is 5.57 Å². The van der Waals surface area contributed by atoms with E-state index in [1.807, 2.05) is 0 Å². The summed E-state index contributed by atoms with van der Waals surface area (Å²) in [5.41, 5.74) is 0.543. The Hall–Kier alpha value is -1.78. The van der Waals surface area contributed by atoms with Crippen molar-refractivity contribution in [2.45, 2.75) is 57.3 Å². The molecule has 1 nitrogen and oxygen atoms in total. The Bertz CT molecular complexity index is 695. The van der Waals surface area contributed by atoms with Gasteiger partial charge in [0.25, 0.3) is 0 Å². The van der Waals surface area contributed by atoms with Gasteiger partial charge in [0, 0.05) is 5.57 Å². The molecule has 1 saturated carbocycles. The average Bonchev–Trinajstić information content (AvgIpc) is 2.61. The van der Waals surface area contributed by atoms with E-state index in [0.29, 0.717) is 5.92 Å². The molecule has 0 spiro atoms. The van der Waals surface area contributed by atoms with Crippen molar-refractivity contribution in [3.8, 4) is 0 Å². The second kappa shape index (κ2) is 7.09. The molecule has 5 heteroatoms. The Morgan fingerprint density at radius 3 is 2.12 bits per heavy atom. The summed E-state index contributed by atoms with van der Waals surface area (Å²) in [6, 6.07) is 6.66. The Balaban J connectivity index is 1.86. The summed E-state index contributed by atoms with van der Waals surface area (Å²) >= 11 is 0. The predicted molar refractivity (Wildman–Crippen MR) is 94.4 cm³/mol. The molecule has 1 aromatic carbocycles. The number of hydrogen-bond donors (Lipinski definition) is 0. The number of alkyl halides is 4. The third kappa shape index (κ3) is 3.28. The number of allylic oxidation sites excluding steroid dienone is 4. The molecule has 26 heavy (non-hydrogen) atoms. The maximum Gasteiger partial charge on any atom is 0.370 e. The van der Waals surface area contributed by atoms with E-state index < -0.39 is 23.2 Å². The summed E-state index contributed by atoms with van der Waals surface area (Å²) in [6.07, 6.45) is 6.47. The highest BCUT2D eigenvalue weighted by molar-refractivity contribution is 5.75. The SMILES string of the molecule is CCOC1=CC=C(c2ccc(C3CCC(C)CC3)cc2)C(F)(F)C1(F)F. The molecule has 0 heterocycles. The topological polar surface area (TPSA) is 9.23 Å². The number of benzene rings is 1. The molecular weight excluding hydrogens is 344 g/mol. The van der Waals surface area contributed by atoms with E-state index in [1.54, 1.807) is 12.1 Å². The standard InChI is InChI=1S/C21H24F4O/c1-3-26-19-13-12-18(20(22,23)21(19,24)25)17-10-8-16(9-11-17)15-6-4-14(2)5-7-15/h8-15H,3-7H2,1-2H3. The van der Waals surface area contributed by atoms with E-state index >= 15 is 0 Å². The molecular formula is C21H24F4O. The van der Waals surface area contributed by atoms with Crippen LogP contribution < -0.4 is 0 Å². The fourth-order valence-corrected chi connectivity index (χ4v) is 3.79. The molecule has 0 radical (unpaired) electrons. The molecule has 2 aliphatic rings. The van der Waals surface area contributed by atoms with Crippen molar-refractivity contribution in [2.24, 2.45) is 5.92 Å². The summed E-state index contributed by atoms with van der Waals surface area (Å²) in [5.74, 6) is -8.50. The zero-order valence-corrected chi connectivity index (χ0v) is 15.1. The lowest BCUT2D eigenvalue weighted by Gasteiger charge is -2.33. The molecule has 0 bridgehead atoms. The molecule has 142 valence electrons. The fourth-order valence-electron chi connectivity index (χ4n) is 3.79. The van der Waals surface area contributed by atoms with Gasteiger partial charge in [0.15, 0.2) is 5.76 Å². The molecule has 0 N–H and O–H groups in total. The average molecular weight is 368 g/mol. The van der Waals surface area contributed by atoms with Crippen LogP contribution in [0, 0.1) is 5.92 Å². The second-order valence-electron chi connectivity index (χ2n) is 7.27. The highest BCUT2D eigenvalue weighted by atomic mass is 19.3. The molecule has 3 rings (SSSR count). The second-order valence-corrected chi connectivity index (χ2v) is 7.27. The minimum Gasteiger partial charge on any atom is -0.492 e. The first-order valence-corrected chi connectivity index (χ1v) is 9.19. The van der Waals surface area contributed by atoms with Gasteiger partial charge in [0.1, 0.15) is 0 Å². The van der Waals surface area contributed by atoms with Gasteiger partial charge in [-0.1, -0.05) is 44.0 Å². The molecule has 0 saturated heterocycles. The zero-order chi connectivity index (χ0) is 18.9. The van der Waals surface area contributed by atoms with Gasteiger partial charge in [0.05, 0.1) is 6.61 Å². The van der Waals surface area contributed by atoms with Crippen LogP contribution in [0.5, 0.6) is 0 Å². The predicted octanol–water partition coefficient (Wildman–Crippen LogP) is 6.57. The van der Waals surface area contributed by atoms with Gasteiger partial charge in [-0.05, 0) is 54.9 Å². The highest BCUT2D eigenvalue weighted by Gasteiger charge is 2.63. The molecule has 1 fully saturated rings. The van der Waals surface area contributed by atoms with Crippen LogP contribution in [0.1, 0.15) is 56.6 Å². The van der Waals surface area contributed by atoms with Crippen molar-refractivity contribution < 1.29 is 22.3 Å². The molecule has 2 aliphatic carbocycles. The number of hydrogen-bond acceptors (Lipinski definition) is 1. The van der Waals surface area contributed by atoms with Crippen molar-refractivity contribution in [1.82, 2.24) is 0 Å². The monoisotopic (exact) mass is 368 g/mol. The summed E-state index contributed by atoms with van der Waals surface area (Å²) in [7, 11) is 0. The van der Waals surface area contributed by atoms with E-state index in [1.165, 1.54) is 19.1 Å². The van der Waals surface area contributed by atoms with Crippen LogP contribution in [0.15, 0.2) is 42.2 Å². The van der Waals surface area contributed by atoms with Crippen molar-refractivity contribution in [3.63, 3.8) is 0 Å². The maximum absolute atomic E-state index is 14.5. The summed E-state index contributed by atoms with van der Waals surface area (Å²) in [4.78, 5) is 0. The highest BCUT2D eigenvalue weighted by Crippen LogP contribution is 2.51. The van der Waals surface area contributed by atoms with Gasteiger partial charge < -0.3 is 4.74 Å². The number of rotatable bonds is 4. The van der Waals surface area contributed by atoms with Crippen molar-refractivity contribution in [3.05, 3.63) is 53.3 Å².